The van der Waals surface area contributed by atoms with E-state index >= 15 is 0 Å². The first-order valence-electron chi connectivity index (χ1n) is 10.0. The van der Waals surface area contributed by atoms with Crippen LogP contribution < -0.4 is 9.64 Å². The minimum Gasteiger partial charge on any atom is -0.486 e. The maximum absolute atomic E-state index is 6.47. The monoisotopic (exact) mass is 552 g/mol. The van der Waals surface area contributed by atoms with Gasteiger partial charge in [-0.3, -0.25) is 4.99 Å². The molecule has 4 nitrogen and oxygen atoms in total. The van der Waals surface area contributed by atoms with Crippen LogP contribution in [0.25, 0.3) is 0 Å². The summed E-state index contributed by atoms with van der Waals surface area (Å²) in [5.74, 6) is 0.560. The molecule has 0 aliphatic carbocycles. The number of aliphatic imine (C=N–C) groups is 1. The Labute approximate surface area is 210 Å². The van der Waals surface area contributed by atoms with Crippen LogP contribution in [-0.4, -0.2) is 32.5 Å². The van der Waals surface area contributed by atoms with Gasteiger partial charge in [0.25, 0.3) is 0 Å². The van der Waals surface area contributed by atoms with Gasteiger partial charge in [0.05, 0.1) is 38.4 Å². The molecule has 1 aliphatic rings. The Kier molecular flexibility index (Phi) is 7.98. The van der Waals surface area contributed by atoms with E-state index in [0.29, 0.717) is 27.4 Å². The highest BCUT2D eigenvalue weighted by Crippen LogP contribution is 2.35. The van der Waals surface area contributed by atoms with E-state index in [4.69, 9.17) is 44.3 Å². The molecule has 0 N–H and O–H groups in total. The zero-order chi connectivity index (χ0) is 22.5. The lowest BCUT2D eigenvalue weighted by Gasteiger charge is -2.28. The number of anilines is 1. The summed E-state index contributed by atoms with van der Waals surface area (Å²) in [5.41, 5.74) is 3.81. The fourth-order valence-corrected chi connectivity index (χ4v) is 4.61. The van der Waals surface area contributed by atoms with Crippen molar-refractivity contribution in [3.8, 4) is 5.75 Å². The van der Waals surface area contributed by atoms with Gasteiger partial charge in [-0.1, -0.05) is 40.9 Å². The summed E-state index contributed by atoms with van der Waals surface area (Å²) in [5, 5.41) is 1.49. The third-order valence-corrected chi connectivity index (χ3v) is 6.59. The summed E-state index contributed by atoms with van der Waals surface area (Å²) < 4.78 is 12.1. The third kappa shape index (κ3) is 5.97. The summed E-state index contributed by atoms with van der Waals surface area (Å²) >= 11 is 22.0. The summed E-state index contributed by atoms with van der Waals surface area (Å²) in [4.78, 5) is 6.88. The molecule has 8 heteroatoms. The number of halogens is 4. The lowest BCUT2D eigenvalue weighted by atomic mass is 10.2. The normalized spacial score (nSPS) is 14.2. The third-order valence-electron chi connectivity index (χ3n) is 4.98. The second-order valence-electron chi connectivity index (χ2n) is 7.22. The number of nitrogens with zero attached hydrogens (tertiary/aromatic N) is 2. The van der Waals surface area contributed by atoms with Crippen LogP contribution in [-0.2, 0) is 11.3 Å². The highest BCUT2D eigenvalue weighted by molar-refractivity contribution is 9.10. The highest BCUT2D eigenvalue weighted by Gasteiger charge is 2.11. The molecule has 0 aromatic heterocycles. The van der Waals surface area contributed by atoms with Crippen molar-refractivity contribution in [3.63, 3.8) is 0 Å². The maximum atomic E-state index is 6.47. The van der Waals surface area contributed by atoms with E-state index in [1.54, 1.807) is 18.3 Å². The molecule has 0 spiro atoms. The molecule has 0 bridgehead atoms. The maximum Gasteiger partial charge on any atom is 0.152 e. The van der Waals surface area contributed by atoms with Crippen LogP contribution in [0.15, 0.2) is 64.1 Å². The lowest BCUT2D eigenvalue weighted by molar-refractivity contribution is 0.122. The molecular formula is C24H20BrCl3N2O2. The van der Waals surface area contributed by atoms with Crippen molar-refractivity contribution < 1.29 is 9.47 Å². The summed E-state index contributed by atoms with van der Waals surface area (Å²) in [7, 11) is 0. The van der Waals surface area contributed by atoms with Crippen molar-refractivity contribution in [3.05, 3.63) is 85.3 Å². The molecule has 4 rings (SSSR count). The molecule has 0 atom stereocenters. The average Bonchev–Trinajstić information content (AvgIpc) is 2.80. The van der Waals surface area contributed by atoms with Gasteiger partial charge < -0.3 is 14.4 Å². The zero-order valence-corrected chi connectivity index (χ0v) is 20.9. The highest BCUT2D eigenvalue weighted by atomic mass is 79.9. The van der Waals surface area contributed by atoms with E-state index in [9.17, 15) is 0 Å². The van der Waals surface area contributed by atoms with E-state index in [1.807, 2.05) is 30.3 Å². The number of ether oxygens (including phenoxy) is 2. The van der Waals surface area contributed by atoms with Crippen LogP contribution in [0, 0.1) is 0 Å². The predicted octanol–water partition coefficient (Wildman–Crippen LogP) is 7.58. The molecule has 1 fully saturated rings. The van der Waals surface area contributed by atoms with Crippen LogP contribution in [0.3, 0.4) is 0 Å². The topological polar surface area (TPSA) is 34.1 Å². The molecule has 1 heterocycles. The smallest absolute Gasteiger partial charge is 0.152 e. The molecule has 0 unspecified atom stereocenters. The Hall–Kier alpha value is -1.76. The van der Waals surface area contributed by atoms with Crippen molar-refractivity contribution in [1.29, 1.82) is 0 Å². The van der Waals surface area contributed by atoms with Gasteiger partial charge in [0, 0.05) is 25.0 Å². The van der Waals surface area contributed by atoms with Gasteiger partial charge in [-0.15, -0.1) is 0 Å². The second-order valence-corrected chi connectivity index (χ2v) is 9.30. The molecule has 1 saturated heterocycles. The first-order chi connectivity index (χ1) is 15.5. The van der Waals surface area contributed by atoms with Crippen molar-refractivity contribution in [2.45, 2.75) is 6.61 Å². The predicted molar refractivity (Wildman–Crippen MR) is 137 cm³/mol. The van der Waals surface area contributed by atoms with E-state index in [-0.39, 0.29) is 0 Å². The molecule has 3 aromatic carbocycles. The van der Waals surface area contributed by atoms with Gasteiger partial charge in [-0.2, -0.15) is 0 Å². The van der Waals surface area contributed by atoms with Gasteiger partial charge in [0.2, 0.25) is 0 Å². The van der Waals surface area contributed by atoms with Crippen LogP contribution in [0.2, 0.25) is 15.1 Å². The molecule has 0 amide bonds. The lowest BCUT2D eigenvalue weighted by Crippen LogP contribution is -2.36. The van der Waals surface area contributed by atoms with Crippen molar-refractivity contribution in [2.75, 3.05) is 31.2 Å². The second kappa shape index (κ2) is 10.9. The minimum absolute atomic E-state index is 0.318. The van der Waals surface area contributed by atoms with Gasteiger partial charge in [-0.05, 0) is 75.6 Å². The molecule has 0 radical (unpaired) electrons. The quantitative estimate of drug-likeness (QED) is 0.295. The first kappa shape index (κ1) is 23.4. The molecule has 166 valence electrons. The Morgan fingerprint density at radius 1 is 0.938 bits per heavy atom. The minimum atomic E-state index is 0.318. The molecular weight excluding hydrogens is 535 g/mol. The van der Waals surface area contributed by atoms with Gasteiger partial charge in [0.1, 0.15) is 6.61 Å². The number of benzene rings is 3. The van der Waals surface area contributed by atoms with E-state index in [2.05, 4.69) is 38.0 Å². The number of morpholine rings is 1. The van der Waals surface area contributed by atoms with Gasteiger partial charge in [-0.25, -0.2) is 0 Å². The number of hydrogen-bond donors (Lipinski definition) is 0. The molecule has 0 saturated carbocycles. The number of hydrogen-bond acceptors (Lipinski definition) is 4. The van der Waals surface area contributed by atoms with E-state index in [1.165, 1.54) is 5.69 Å². The summed E-state index contributed by atoms with van der Waals surface area (Å²) in [6.45, 7) is 3.67. The van der Waals surface area contributed by atoms with Crippen molar-refractivity contribution in [1.82, 2.24) is 0 Å². The Bertz CT molecular complexity index is 1090. The standard InChI is InChI=1S/C24H20BrCl3N2O2/c25-20-11-17(13-23(28)24(20)32-15-16-1-6-21(26)22(27)12-16)14-29-18-2-4-19(5-3-18)30-7-9-31-10-8-30/h1-6,11-14H,7-10,15H2. The summed E-state index contributed by atoms with van der Waals surface area (Å²) in [6, 6.07) is 17.3. The van der Waals surface area contributed by atoms with Gasteiger partial charge in [0.15, 0.2) is 5.75 Å². The van der Waals surface area contributed by atoms with Gasteiger partial charge >= 0.3 is 0 Å². The average molecular weight is 555 g/mol. The zero-order valence-electron chi connectivity index (χ0n) is 17.0. The summed E-state index contributed by atoms with van der Waals surface area (Å²) in [6.07, 6.45) is 1.78. The van der Waals surface area contributed by atoms with Crippen LogP contribution >= 0.6 is 50.7 Å². The van der Waals surface area contributed by atoms with Crippen molar-refractivity contribution in [2.24, 2.45) is 4.99 Å². The molecule has 1 aliphatic heterocycles. The largest absolute Gasteiger partial charge is 0.486 e. The Morgan fingerprint density at radius 2 is 1.69 bits per heavy atom. The van der Waals surface area contributed by atoms with E-state index in [0.717, 1.165) is 47.6 Å². The van der Waals surface area contributed by atoms with E-state index < -0.39 is 0 Å². The number of rotatable bonds is 6. The molecule has 32 heavy (non-hydrogen) atoms. The first-order valence-corrected chi connectivity index (χ1v) is 11.9. The fourth-order valence-electron chi connectivity index (χ4n) is 3.30. The van der Waals surface area contributed by atoms with Crippen LogP contribution in [0.5, 0.6) is 5.75 Å². The van der Waals surface area contributed by atoms with Crippen molar-refractivity contribution >= 4 is 68.3 Å². The molecule has 3 aromatic rings. The van der Waals surface area contributed by atoms with Crippen LogP contribution in [0.1, 0.15) is 11.1 Å². The Morgan fingerprint density at radius 3 is 2.38 bits per heavy atom. The SMILES string of the molecule is Clc1ccc(COc2c(Cl)cc(C=Nc3ccc(N4CCOCC4)cc3)cc2Br)cc1Cl. The fraction of sp³-hybridized carbons (Fsp3) is 0.208. The van der Waals surface area contributed by atoms with Crippen LogP contribution in [0.4, 0.5) is 11.4 Å². The Balaban J connectivity index is 1.42.